The van der Waals surface area contributed by atoms with Crippen LogP contribution in [-0.2, 0) is 4.79 Å². The first-order valence-corrected chi connectivity index (χ1v) is 6.47. The smallest absolute Gasteiger partial charge is 0.263 e. The van der Waals surface area contributed by atoms with Crippen molar-refractivity contribution < 1.29 is 9.53 Å². The van der Waals surface area contributed by atoms with Gasteiger partial charge in [-0.05, 0) is 61.7 Å². The fourth-order valence-corrected chi connectivity index (χ4v) is 1.74. The van der Waals surface area contributed by atoms with Gasteiger partial charge in [0.05, 0.1) is 0 Å². The number of benzene rings is 1. The number of amides is 1. The number of hydrogen-bond acceptors (Lipinski definition) is 3. The molecule has 4 nitrogen and oxygen atoms in total. The fourth-order valence-electron chi connectivity index (χ4n) is 1.74. The number of anilines is 1. The molecule has 0 fully saturated rings. The lowest BCUT2D eigenvalue weighted by atomic mass is 10.1. The van der Waals surface area contributed by atoms with Crippen LogP contribution in [0.25, 0.3) is 0 Å². The Bertz CT molecular complexity index is 624. The highest BCUT2D eigenvalue weighted by atomic mass is 16.5. The molecule has 0 aliphatic rings. The summed E-state index contributed by atoms with van der Waals surface area (Å²) in [5.74, 6) is 1.01. The summed E-state index contributed by atoms with van der Waals surface area (Å²) in [6.45, 7) is 5.97. The van der Waals surface area contributed by atoms with E-state index in [-0.39, 0.29) is 12.5 Å². The lowest BCUT2D eigenvalue weighted by Gasteiger charge is -2.09. The minimum atomic E-state index is -0.221. The fraction of sp³-hybridized carbons (Fsp3) is 0.250. The SMILES string of the molecule is Cc1ccnc(NC(=O)COc2ccc(C)c(C)c2)c1. The van der Waals surface area contributed by atoms with Crippen molar-refractivity contribution in [2.24, 2.45) is 0 Å². The summed E-state index contributed by atoms with van der Waals surface area (Å²) in [5.41, 5.74) is 3.39. The number of pyridine rings is 1. The van der Waals surface area contributed by atoms with Gasteiger partial charge in [-0.1, -0.05) is 6.07 Å². The van der Waals surface area contributed by atoms with E-state index in [9.17, 15) is 4.79 Å². The van der Waals surface area contributed by atoms with Gasteiger partial charge in [0, 0.05) is 6.20 Å². The van der Waals surface area contributed by atoms with Gasteiger partial charge in [0.1, 0.15) is 11.6 Å². The van der Waals surface area contributed by atoms with E-state index in [0.717, 1.165) is 11.1 Å². The minimum Gasteiger partial charge on any atom is -0.484 e. The molecular formula is C16H18N2O2. The number of nitrogens with zero attached hydrogens (tertiary/aromatic N) is 1. The van der Waals surface area contributed by atoms with Gasteiger partial charge in [0.15, 0.2) is 6.61 Å². The van der Waals surface area contributed by atoms with Crippen LogP contribution >= 0.6 is 0 Å². The summed E-state index contributed by atoms with van der Waals surface area (Å²) < 4.78 is 5.47. The molecule has 0 saturated carbocycles. The number of nitrogens with one attached hydrogen (secondary N) is 1. The van der Waals surface area contributed by atoms with E-state index in [1.54, 1.807) is 6.20 Å². The molecule has 1 aromatic carbocycles. The number of carbonyl (C=O) groups excluding carboxylic acids is 1. The molecule has 0 bridgehead atoms. The molecule has 0 unspecified atom stereocenters. The average Bonchev–Trinajstić information content (AvgIpc) is 2.40. The van der Waals surface area contributed by atoms with Crippen molar-refractivity contribution in [1.29, 1.82) is 0 Å². The number of ether oxygens (including phenoxy) is 1. The lowest BCUT2D eigenvalue weighted by Crippen LogP contribution is -2.20. The van der Waals surface area contributed by atoms with Gasteiger partial charge in [0.2, 0.25) is 0 Å². The first kappa shape index (κ1) is 14.1. The number of rotatable bonds is 4. The third kappa shape index (κ3) is 3.82. The molecule has 1 heterocycles. The molecule has 0 radical (unpaired) electrons. The monoisotopic (exact) mass is 270 g/mol. The van der Waals surface area contributed by atoms with Crippen molar-refractivity contribution in [3.63, 3.8) is 0 Å². The standard InChI is InChI=1S/C16H18N2O2/c1-11-6-7-17-15(8-11)18-16(19)10-20-14-5-4-12(2)13(3)9-14/h4-9H,10H2,1-3H3,(H,17,18,19). The Morgan fingerprint density at radius 1 is 1.15 bits per heavy atom. The maximum Gasteiger partial charge on any atom is 0.263 e. The van der Waals surface area contributed by atoms with Crippen molar-refractivity contribution in [1.82, 2.24) is 4.98 Å². The second-order valence-corrected chi connectivity index (χ2v) is 4.80. The molecule has 1 N–H and O–H groups in total. The van der Waals surface area contributed by atoms with Crippen molar-refractivity contribution in [2.75, 3.05) is 11.9 Å². The third-order valence-corrected chi connectivity index (χ3v) is 3.03. The van der Waals surface area contributed by atoms with E-state index >= 15 is 0 Å². The predicted octanol–water partition coefficient (Wildman–Crippen LogP) is 3.02. The molecule has 2 aromatic rings. The normalized spacial score (nSPS) is 10.2. The highest BCUT2D eigenvalue weighted by Gasteiger charge is 2.05. The number of hydrogen-bond donors (Lipinski definition) is 1. The minimum absolute atomic E-state index is 0.0296. The van der Waals surface area contributed by atoms with Crippen molar-refractivity contribution in [3.8, 4) is 5.75 Å². The summed E-state index contributed by atoms with van der Waals surface area (Å²) in [5, 5.41) is 2.70. The zero-order valence-electron chi connectivity index (χ0n) is 11.9. The first-order chi connectivity index (χ1) is 9.54. The third-order valence-electron chi connectivity index (χ3n) is 3.03. The summed E-state index contributed by atoms with van der Waals surface area (Å²) in [6, 6.07) is 9.45. The Labute approximate surface area is 118 Å². The average molecular weight is 270 g/mol. The topological polar surface area (TPSA) is 51.2 Å². The number of aromatic nitrogens is 1. The van der Waals surface area contributed by atoms with Crippen LogP contribution in [0.2, 0.25) is 0 Å². The molecule has 2 rings (SSSR count). The van der Waals surface area contributed by atoms with E-state index in [1.807, 2.05) is 51.1 Å². The summed E-state index contributed by atoms with van der Waals surface area (Å²) in [6.07, 6.45) is 1.66. The highest BCUT2D eigenvalue weighted by molar-refractivity contribution is 5.90. The van der Waals surface area contributed by atoms with Crippen molar-refractivity contribution >= 4 is 11.7 Å². The Morgan fingerprint density at radius 3 is 2.65 bits per heavy atom. The molecule has 0 saturated heterocycles. The van der Waals surface area contributed by atoms with Crippen LogP contribution in [0.3, 0.4) is 0 Å². The van der Waals surface area contributed by atoms with E-state index in [4.69, 9.17) is 4.74 Å². The van der Waals surface area contributed by atoms with Crippen LogP contribution in [-0.4, -0.2) is 17.5 Å². The molecule has 1 amide bonds. The quantitative estimate of drug-likeness (QED) is 0.929. The van der Waals surface area contributed by atoms with Crippen LogP contribution in [0.1, 0.15) is 16.7 Å². The zero-order valence-corrected chi connectivity index (χ0v) is 11.9. The maximum absolute atomic E-state index is 11.8. The Hall–Kier alpha value is -2.36. The zero-order chi connectivity index (χ0) is 14.5. The largest absolute Gasteiger partial charge is 0.484 e. The highest BCUT2D eigenvalue weighted by Crippen LogP contribution is 2.16. The second-order valence-electron chi connectivity index (χ2n) is 4.80. The summed E-state index contributed by atoms with van der Waals surface area (Å²) >= 11 is 0. The lowest BCUT2D eigenvalue weighted by molar-refractivity contribution is -0.118. The molecule has 104 valence electrons. The Kier molecular flexibility index (Phi) is 4.35. The summed E-state index contributed by atoms with van der Waals surface area (Å²) in [4.78, 5) is 15.8. The number of aryl methyl sites for hydroxylation is 3. The summed E-state index contributed by atoms with van der Waals surface area (Å²) in [7, 11) is 0. The van der Waals surface area contributed by atoms with Crippen LogP contribution in [0.4, 0.5) is 5.82 Å². The van der Waals surface area contributed by atoms with E-state index < -0.39 is 0 Å². The molecule has 4 heteroatoms. The van der Waals surface area contributed by atoms with Gasteiger partial charge in [-0.15, -0.1) is 0 Å². The second kappa shape index (κ2) is 6.19. The molecule has 0 aliphatic carbocycles. The predicted molar refractivity (Wildman–Crippen MR) is 79.0 cm³/mol. The number of carbonyl (C=O) groups is 1. The van der Waals surface area contributed by atoms with E-state index in [1.165, 1.54) is 5.56 Å². The van der Waals surface area contributed by atoms with Crippen molar-refractivity contribution in [2.45, 2.75) is 20.8 Å². The van der Waals surface area contributed by atoms with Gasteiger partial charge >= 0.3 is 0 Å². The van der Waals surface area contributed by atoms with Crippen LogP contribution in [0, 0.1) is 20.8 Å². The van der Waals surface area contributed by atoms with E-state index in [0.29, 0.717) is 11.6 Å². The maximum atomic E-state index is 11.8. The Morgan fingerprint density at radius 2 is 1.95 bits per heavy atom. The first-order valence-electron chi connectivity index (χ1n) is 6.47. The van der Waals surface area contributed by atoms with Gasteiger partial charge in [-0.25, -0.2) is 4.98 Å². The van der Waals surface area contributed by atoms with Gasteiger partial charge in [-0.2, -0.15) is 0 Å². The van der Waals surface area contributed by atoms with Crippen molar-refractivity contribution in [3.05, 3.63) is 53.2 Å². The Balaban J connectivity index is 1.90. The van der Waals surface area contributed by atoms with Crippen LogP contribution in [0.5, 0.6) is 5.75 Å². The van der Waals surface area contributed by atoms with E-state index in [2.05, 4.69) is 10.3 Å². The van der Waals surface area contributed by atoms with Gasteiger partial charge in [0.25, 0.3) is 5.91 Å². The molecule has 0 atom stereocenters. The van der Waals surface area contributed by atoms with Gasteiger partial charge < -0.3 is 10.1 Å². The molecular weight excluding hydrogens is 252 g/mol. The van der Waals surface area contributed by atoms with Crippen LogP contribution in [0.15, 0.2) is 36.5 Å². The van der Waals surface area contributed by atoms with Crippen LogP contribution < -0.4 is 10.1 Å². The van der Waals surface area contributed by atoms with Gasteiger partial charge in [-0.3, -0.25) is 4.79 Å². The molecule has 1 aromatic heterocycles. The molecule has 0 spiro atoms. The molecule has 0 aliphatic heterocycles. The molecule has 20 heavy (non-hydrogen) atoms.